The summed E-state index contributed by atoms with van der Waals surface area (Å²) in [4.78, 5) is 17.6. The molecule has 22 heavy (non-hydrogen) atoms. The third-order valence-electron chi connectivity index (χ3n) is 3.96. The second-order valence-electron chi connectivity index (χ2n) is 5.41. The molecule has 2 aliphatic heterocycles. The Labute approximate surface area is 139 Å². The second-order valence-corrected chi connectivity index (χ2v) is 8.70. The quantitative estimate of drug-likeness (QED) is 0.792. The molecule has 1 saturated heterocycles. The largest absolute Gasteiger partial charge is 0.466 e. The highest BCUT2D eigenvalue weighted by molar-refractivity contribution is 8.19. The molecule has 1 fully saturated rings. The molecule has 0 bridgehead atoms. The first kappa shape index (κ1) is 15.7. The Kier molecular flexibility index (Phi) is 4.68. The van der Waals surface area contributed by atoms with E-state index in [-0.39, 0.29) is 16.0 Å². The van der Waals surface area contributed by atoms with Gasteiger partial charge in [-0.2, -0.15) is 0 Å². The smallest absolute Gasteiger partial charge is 0.351 e. The fraction of sp³-hybridized carbons (Fsp3) is 0.500. The molecule has 2 heterocycles. The van der Waals surface area contributed by atoms with Crippen LogP contribution in [0.1, 0.15) is 24.8 Å². The molecule has 0 N–H and O–H groups in total. The van der Waals surface area contributed by atoms with Crippen molar-refractivity contribution < 1.29 is 14.4 Å². The zero-order valence-corrected chi connectivity index (χ0v) is 14.3. The molecule has 0 aromatic heterocycles. The van der Waals surface area contributed by atoms with Crippen LogP contribution in [0.5, 0.6) is 0 Å². The van der Waals surface area contributed by atoms with Crippen LogP contribution in [0, 0.1) is 0 Å². The number of hydrogen-bond donors (Lipinski definition) is 0. The fourth-order valence-electron chi connectivity index (χ4n) is 2.81. The maximum atomic E-state index is 12.1. The molecule has 0 aliphatic carbocycles. The van der Waals surface area contributed by atoms with E-state index in [1.807, 2.05) is 53.9 Å². The number of carbonyl (C=O) groups is 1. The van der Waals surface area contributed by atoms with Crippen LogP contribution in [0.3, 0.4) is 0 Å². The maximum Gasteiger partial charge on any atom is 0.351 e. The summed E-state index contributed by atoms with van der Waals surface area (Å²) < 4.78 is 4.75. The van der Waals surface area contributed by atoms with E-state index in [4.69, 9.17) is 9.57 Å². The molecule has 6 heteroatoms. The summed E-state index contributed by atoms with van der Waals surface area (Å²) in [5, 5.41) is 4.31. The third-order valence-corrected chi connectivity index (χ3v) is 7.18. The lowest BCUT2D eigenvalue weighted by Crippen LogP contribution is -2.39. The molecule has 3 rings (SSSR count). The summed E-state index contributed by atoms with van der Waals surface area (Å²) >= 11 is 3.77. The first-order valence-electron chi connectivity index (χ1n) is 7.30. The van der Waals surface area contributed by atoms with Gasteiger partial charge in [0.25, 0.3) is 0 Å². The van der Waals surface area contributed by atoms with E-state index < -0.39 is 6.10 Å². The van der Waals surface area contributed by atoms with E-state index in [9.17, 15) is 4.79 Å². The number of oxime groups is 1. The Bertz CT molecular complexity index is 570. The highest BCUT2D eigenvalue weighted by Crippen LogP contribution is 2.48. The van der Waals surface area contributed by atoms with Gasteiger partial charge in [0.05, 0.1) is 18.7 Å². The van der Waals surface area contributed by atoms with Crippen molar-refractivity contribution in [2.45, 2.75) is 29.4 Å². The lowest BCUT2D eigenvalue weighted by Gasteiger charge is -2.34. The lowest BCUT2D eigenvalue weighted by molar-refractivity contribution is -0.153. The van der Waals surface area contributed by atoms with Crippen LogP contribution in [0.15, 0.2) is 35.5 Å². The number of hydrogen-bond acceptors (Lipinski definition) is 6. The van der Waals surface area contributed by atoms with Crippen LogP contribution >= 0.6 is 23.5 Å². The number of ether oxygens (including phenoxy) is 1. The number of esters is 1. The maximum absolute atomic E-state index is 12.1. The second kappa shape index (κ2) is 6.54. The van der Waals surface area contributed by atoms with Gasteiger partial charge in [-0.3, -0.25) is 0 Å². The molecule has 1 aromatic carbocycles. The minimum absolute atomic E-state index is 0.151. The van der Waals surface area contributed by atoms with Crippen molar-refractivity contribution in [3.8, 4) is 0 Å². The summed E-state index contributed by atoms with van der Waals surface area (Å²) in [6, 6.07) is 9.96. The molecular weight excluding hydrogens is 318 g/mol. The number of benzene rings is 1. The highest BCUT2D eigenvalue weighted by Gasteiger charge is 2.49. The molecule has 0 spiro atoms. The number of carbonyl (C=O) groups excluding carboxylic acids is 1. The molecule has 0 unspecified atom stereocenters. The van der Waals surface area contributed by atoms with Crippen LogP contribution in [-0.4, -0.2) is 40.5 Å². The van der Waals surface area contributed by atoms with Crippen molar-refractivity contribution in [1.82, 2.24) is 0 Å². The van der Waals surface area contributed by atoms with Gasteiger partial charge in [0.1, 0.15) is 4.08 Å². The van der Waals surface area contributed by atoms with Gasteiger partial charge in [-0.1, -0.05) is 35.5 Å². The highest BCUT2D eigenvalue weighted by atomic mass is 32.2. The van der Waals surface area contributed by atoms with Gasteiger partial charge >= 0.3 is 5.97 Å². The predicted octanol–water partition coefficient (Wildman–Crippen LogP) is 3.28. The van der Waals surface area contributed by atoms with Gasteiger partial charge in [0.15, 0.2) is 0 Å². The Balaban J connectivity index is 1.96. The fourth-order valence-corrected chi connectivity index (χ4v) is 5.81. The molecular formula is C16H19NO3S2. The minimum Gasteiger partial charge on any atom is -0.466 e. The van der Waals surface area contributed by atoms with Gasteiger partial charge in [0, 0.05) is 0 Å². The van der Waals surface area contributed by atoms with E-state index in [2.05, 4.69) is 12.1 Å². The van der Waals surface area contributed by atoms with Crippen LogP contribution in [-0.2, 0) is 14.4 Å². The van der Waals surface area contributed by atoms with E-state index >= 15 is 0 Å². The van der Waals surface area contributed by atoms with E-state index in [1.165, 1.54) is 13.5 Å². The summed E-state index contributed by atoms with van der Waals surface area (Å²) in [6.45, 7) is 2.18. The number of nitrogens with zero attached hydrogens (tertiary/aromatic N) is 1. The zero-order valence-electron chi connectivity index (χ0n) is 12.7. The first-order valence-corrected chi connectivity index (χ1v) is 9.28. The Morgan fingerprint density at radius 3 is 2.64 bits per heavy atom. The van der Waals surface area contributed by atoms with Crippen LogP contribution < -0.4 is 0 Å². The summed E-state index contributed by atoms with van der Waals surface area (Å²) in [5.41, 5.74) is 1.98. The van der Waals surface area contributed by atoms with Crippen molar-refractivity contribution in [2.75, 3.05) is 18.6 Å². The Hall–Kier alpha value is -1.14. The topological polar surface area (TPSA) is 47.9 Å². The third kappa shape index (κ3) is 2.86. The lowest BCUT2D eigenvalue weighted by atomic mass is 9.88. The monoisotopic (exact) mass is 337 g/mol. The molecule has 4 nitrogen and oxygen atoms in total. The van der Waals surface area contributed by atoms with E-state index in [0.717, 1.165) is 22.8 Å². The van der Waals surface area contributed by atoms with Gasteiger partial charge < -0.3 is 9.57 Å². The molecule has 0 amide bonds. The number of thioether (sulfide) groups is 2. The van der Waals surface area contributed by atoms with Crippen molar-refractivity contribution >= 4 is 35.2 Å². The molecule has 2 atom stereocenters. The average molecular weight is 337 g/mol. The van der Waals surface area contributed by atoms with Gasteiger partial charge in [-0.05, 0) is 30.4 Å². The van der Waals surface area contributed by atoms with Gasteiger partial charge in [-0.25, -0.2) is 4.79 Å². The SMILES string of the molecule is COC(=O)[C@@H]1ON=C(C2(C)SCCCS2)[C@H]1c1ccccc1. The van der Waals surface area contributed by atoms with Crippen LogP contribution in [0.25, 0.3) is 0 Å². The molecule has 118 valence electrons. The van der Waals surface area contributed by atoms with Crippen LogP contribution in [0.2, 0.25) is 0 Å². The van der Waals surface area contributed by atoms with Gasteiger partial charge in [0.2, 0.25) is 6.10 Å². The van der Waals surface area contributed by atoms with Gasteiger partial charge in [-0.15, -0.1) is 23.5 Å². The van der Waals surface area contributed by atoms with Crippen molar-refractivity contribution in [1.29, 1.82) is 0 Å². The molecule has 0 radical (unpaired) electrons. The van der Waals surface area contributed by atoms with E-state index in [1.54, 1.807) is 0 Å². The first-order chi connectivity index (χ1) is 10.7. The van der Waals surface area contributed by atoms with Crippen LogP contribution in [0.4, 0.5) is 0 Å². The predicted molar refractivity (Wildman–Crippen MR) is 91.4 cm³/mol. The minimum atomic E-state index is -0.692. The Morgan fingerprint density at radius 2 is 2.00 bits per heavy atom. The Morgan fingerprint density at radius 1 is 1.32 bits per heavy atom. The zero-order chi connectivity index (χ0) is 15.6. The summed E-state index contributed by atoms with van der Waals surface area (Å²) in [7, 11) is 1.39. The molecule has 0 saturated carbocycles. The summed E-state index contributed by atoms with van der Waals surface area (Å²) in [6.07, 6.45) is 0.512. The number of rotatable bonds is 3. The van der Waals surface area contributed by atoms with Crippen molar-refractivity contribution in [2.24, 2.45) is 5.16 Å². The number of methoxy groups -OCH3 is 1. The normalized spacial score (nSPS) is 26.9. The van der Waals surface area contributed by atoms with Crippen molar-refractivity contribution in [3.05, 3.63) is 35.9 Å². The summed E-state index contributed by atoms with van der Waals surface area (Å²) in [5.74, 6) is 1.65. The molecule has 1 aromatic rings. The van der Waals surface area contributed by atoms with Crippen molar-refractivity contribution in [3.63, 3.8) is 0 Å². The average Bonchev–Trinajstić information content (AvgIpc) is 3.01. The molecule has 2 aliphatic rings. The standard InChI is InChI=1S/C16H19NO3S2/c1-16(21-9-6-10-22-16)14-12(11-7-4-3-5-8-11)13(20-17-14)15(18)19-2/h3-5,7-8,12-13H,6,9-10H2,1-2H3/t12-,13+/m0/s1. The van der Waals surface area contributed by atoms with E-state index in [0.29, 0.717) is 0 Å².